The molecule has 0 spiro atoms. The van der Waals surface area contributed by atoms with E-state index in [2.05, 4.69) is 51.8 Å². The van der Waals surface area contributed by atoms with Gasteiger partial charge in [0, 0.05) is 30.5 Å². The molecule has 0 radical (unpaired) electrons. The Bertz CT molecular complexity index is 712. The predicted octanol–water partition coefficient (Wildman–Crippen LogP) is 4.07. The molecule has 2 N–H and O–H groups in total. The van der Waals surface area contributed by atoms with Crippen LogP contribution in [0.3, 0.4) is 0 Å². The van der Waals surface area contributed by atoms with E-state index in [1.807, 2.05) is 0 Å². The molecule has 1 aromatic carbocycles. The number of nitrogens with zero attached hydrogens (tertiary/aromatic N) is 2. The molecule has 1 heterocycles. The minimum absolute atomic E-state index is 0.205. The van der Waals surface area contributed by atoms with E-state index in [4.69, 9.17) is 0 Å². The van der Waals surface area contributed by atoms with Gasteiger partial charge in [-0.2, -0.15) is 24.9 Å². The summed E-state index contributed by atoms with van der Waals surface area (Å²) in [6, 6.07) is 8.45. The Hall–Kier alpha value is -1.74. The number of guanidine groups is 1. The zero-order chi connectivity index (χ0) is 19.0. The van der Waals surface area contributed by atoms with Gasteiger partial charge in [0.25, 0.3) is 0 Å². The molecule has 4 nitrogen and oxygen atoms in total. The Morgan fingerprint density at radius 1 is 1.23 bits per heavy atom. The normalized spacial score (nSPS) is 12.3. The number of hydrogen-bond acceptors (Lipinski definition) is 4. The highest BCUT2D eigenvalue weighted by atomic mass is 32.2. The van der Waals surface area contributed by atoms with Crippen molar-refractivity contribution in [3.63, 3.8) is 0 Å². The van der Waals surface area contributed by atoms with Gasteiger partial charge in [-0.25, -0.2) is 4.98 Å². The van der Waals surface area contributed by atoms with Gasteiger partial charge in [-0.1, -0.05) is 29.8 Å². The van der Waals surface area contributed by atoms with Crippen molar-refractivity contribution in [1.29, 1.82) is 0 Å². The van der Waals surface area contributed by atoms with Crippen molar-refractivity contribution in [2.75, 3.05) is 19.3 Å². The minimum atomic E-state index is -4.40. The average molecular weight is 403 g/mol. The lowest BCUT2D eigenvalue weighted by atomic mass is 10.2. The molecule has 0 aliphatic heterocycles. The number of aliphatic imine (C=N–C) groups is 1. The van der Waals surface area contributed by atoms with Crippen LogP contribution in [0.25, 0.3) is 0 Å². The Kier molecular flexibility index (Phi) is 7.77. The number of alkyl halides is 3. The second-order valence-electron chi connectivity index (χ2n) is 5.51. The van der Waals surface area contributed by atoms with Gasteiger partial charge < -0.3 is 10.6 Å². The van der Waals surface area contributed by atoms with E-state index in [-0.39, 0.29) is 6.54 Å². The zero-order valence-electron chi connectivity index (χ0n) is 14.6. The van der Waals surface area contributed by atoms with Gasteiger partial charge in [-0.3, -0.25) is 4.99 Å². The van der Waals surface area contributed by atoms with Crippen molar-refractivity contribution in [3.05, 3.63) is 51.5 Å². The van der Waals surface area contributed by atoms with Crippen molar-refractivity contribution in [1.82, 2.24) is 15.6 Å². The van der Waals surface area contributed by atoms with Gasteiger partial charge in [-0.05, 0) is 12.5 Å². The Morgan fingerprint density at radius 3 is 2.58 bits per heavy atom. The maximum absolute atomic E-state index is 12.5. The summed E-state index contributed by atoms with van der Waals surface area (Å²) < 4.78 is 37.6. The summed E-state index contributed by atoms with van der Waals surface area (Å²) in [4.78, 5) is 7.65. The average Bonchev–Trinajstić information content (AvgIpc) is 3.08. The van der Waals surface area contributed by atoms with E-state index >= 15 is 0 Å². The second-order valence-corrected chi connectivity index (χ2v) is 7.56. The molecule has 9 heteroatoms. The molecule has 0 fully saturated rings. The summed E-state index contributed by atoms with van der Waals surface area (Å²) in [5, 5.41) is 7.51. The molecule has 142 valence electrons. The number of halogens is 3. The summed E-state index contributed by atoms with van der Waals surface area (Å²) in [7, 11) is 1.62. The summed E-state index contributed by atoms with van der Waals surface area (Å²) >= 11 is 2.78. The summed E-state index contributed by atoms with van der Waals surface area (Å²) in [5.74, 6) is 2.38. The van der Waals surface area contributed by atoms with E-state index in [1.54, 1.807) is 18.8 Å². The first-order valence-electron chi connectivity index (χ1n) is 7.98. The third-order valence-corrected chi connectivity index (χ3v) is 5.28. The van der Waals surface area contributed by atoms with E-state index in [9.17, 15) is 13.2 Å². The number of aryl methyl sites for hydroxylation is 1. The largest absolute Gasteiger partial charge is 0.434 e. The molecule has 0 saturated carbocycles. The number of benzene rings is 1. The Labute approximate surface area is 159 Å². The van der Waals surface area contributed by atoms with Crippen LogP contribution in [-0.4, -0.2) is 30.3 Å². The third kappa shape index (κ3) is 6.87. The van der Waals surface area contributed by atoms with E-state index in [1.165, 1.54) is 11.1 Å². The SMILES string of the molecule is CN=C(NCCSCc1ccc(C)cc1)NCc1nc(C(F)(F)F)cs1. The number of rotatable bonds is 7. The maximum Gasteiger partial charge on any atom is 0.434 e. The third-order valence-electron chi connectivity index (χ3n) is 3.40. The van der Waals surface area contributed by atoms with Crippen molar-refractivity contribution >= 4 is 29.1 Å². The van der Waals surface area contributed by atoms with E-state index in [0.717, 1.165) is 28.2 Å². The molecule has 0 unspecified atom stereocenters. The highest BCUT2D eigenvalue weighted by molar-refractivity contribution is 7.98. The fourth-order valence-corrected chi connectivity index (χ4v) is 3.58. The monoisotopic (exact) mass is 402 g/mol. The first-order chi connectivity index (χ1) is 12.4. The van der Waals surface area contributed by atoms with Crippen molar-refractivity contribution in [2.24, 2.45) is 4.99 Å². The molecular weight excluding hydrogens is 381 g/mol. The lowest BCUT2D eigenvalue weighted by molar-refractivity contribution is -0.140. The van der Waals surface area contributed by atoms with Crippen LogP contribution in [0.5, 0.6) is 0 Å². The van der Waals surface area contributed by atoms with Crippen LogP contribution >= 0.6 is 23.1 Å². The van der Waals surface area contributed by atoms with Crippen LogP contribution in [0.4, 0.5) is 13.2 Å². The molecule has 0 amide bonds. The number of thiazole rings is 1. The Morgan fingerprint density at radius 2 is 1.96 bits per heavy atom. The molecule has 26 heavy (non-hydrogen) atoms. The molecule has 0 aliphatic carbocycles. The predicted molar refractivity (Wildman–Crippen MR) is 103 cm³/mol. The van der Waals surface area contributed by atoms with Crippen molar-refractivity contribution < 1.29 is 13.2 Å². The molecule has 2 aromatic rings. The van der Waals surface area contributed by atoms with Crippen molar-refractivity contribution in [3.8, 4) is 0 Å². The van der Waals surface area contributed by atoms with Gasteiger partial charge in [0.1, 0.15) is 5.01 Å². The van der Waals surface area contributed by atoms with Gasteiger partial charge in [0.15, 0.2) is 11.7 Å². The highest BCUT2D eigenvalue weighted by Gasteiger charge is 2.33. The lowest BCUT2D eigenvalue weighted by Gasteiger charge is -2.10. The van der Waals surface area contributed by atoms with Gasteiger partial charge in [0.2, 0.25) is 0 Å². The molecule has 0 atom stereocenters. The topological polar surface area (TPSA) is 49.3 Å². The van der Waals surface area contributed by atoms with Crippen LogP contribution in [-0.2, 0) is 18.5 Å². The Balaban J connectivity index is 1.66. The zero-order valence-corrected chi connectivity index (χ0v) is 16.2. The molecule has 1 aromatic heterocycles. The molecule has 0 aliphatic rings. The molecule has 0 bridgehead atoms. The van der Waals surface area contributed by atoms with Gasteiger partial charge in [0.05, 0.1) is 6.54 Å². The highest BCUT2D eigenvalue weighted by Crippen LogP contribution is 2.29. The van der Waals surface area contributed by atoms with Crippen molar-refractivity contribution in [2.45, 2.75) is 25.4 Å². The second kappa shape index (κ2) is 9.82. The lowest BCUT2D eigenvalue weighted by Crippen LogP contribution is -2.37. The fourth-order valence-electron chi connectivity index (χ4n) is 2.02. The quantitative estimate of drug-likeness (QED) is 0.416. The number of aromatic nitrogens is 1. The van der Waals surface area contributed by atoms with Gasteiger partial charge in [-0.15, -0.1) is 11.3 Å². The summed E-state index contributed by atoms with van der Waals surface area (Å²) in [6.07, 6.45) is -4.40. The van der Waals surface area contributed by atoms with Crippen LogP contribution in [0.1, 0.15) is 21.8 Å². The van der Waals surface area contributed by atoms with Crippen LogP contribution in [0.15, 0.2) is 34.6 Å². The smallest absolute Gasteiger partial charge is 0.356 e. The first kappa shape index (κ1) is 20.6. The number of nitrogens with one attached hydrogen (secondary N) is 2. The fraction of sp³-hybridized carbons (Fsp3) is 0.412. The number of thioether (sulfide) groups is 1. The maximum atomic E-state index is 12.5. The van der Waals surface area contributed by atoms with Crippen LogP contribution in [0.2, 0.25) is 0 Å². The van der Waals surface area contributed by atoms with Gasteiger partial charge >= 0.3 is 6.18 Å². The molecular formula is C17H21F3N4S2. The molecule has 0 saturated heterocycles. The molecule has 2 rings (SSSR count). The van der Waals surface area contributed by atoms with Crippen LogP contribution < -0.4 is 10.6 Å². The summed E-state index contributed by atoms with van der Waals surface area (Å²) in [5.41, 5.74) is 1.68. The standard InChI is InChI=1S/C17H21F3N4S2/c1-12-3-5-13(6-4-12)10-25-8-7-22-16(21-2)23-9-15-24-14(11-26-15)17(18,19)20/h3-6,11H,7-10H2,1-2H3,(H2,21,22,23). The first-order valence-corrected chi connectivity index (χ1v) is 10.0. The minimum Gasteiger partial charge on any atom is -0.356 e. The van der Waals surface area contributed by atoms with E-state index < -0.39 is 11.9 Å². The van der Waals surface area contributed by atoms with E-state index in [0.29, 0.717) is 17.5 Å². The summed E-state index contributed by atoms with van der Waals surface area (Å²) in [6.45, 7) is 2.98. The number of hydrogen-bond donors (Lipinski definition) is 2. The van der Waals surface area contributed by atoms with Crippen LogP contribution in [0, 0.1) is 6.92 Å².